The van der Waals surface area contributed by atoms with Crippen LogP contribution in [0.2, 0.25) is 0 Å². The van der Waals surface area contributed by atoms with E-state index in [-0.39, 0.29) is 24.1 Å². The second-order valence-corrected chi connectivity index (χ2v) is 7.35. The lowest BCUT2D eigenvalue weighted by Crippen LogP contribution is -2.44. The number of nitrogens with zero attached hydrogens (tertiary/aromatic N) is 1. The van der Waals surface area contributed by atoms with Crippen molar-refractivity contribution in [2.75, 3.05) is 26.2 Å². The van der Waals surface area contributed by atoms with E-state index in [4.69, 9.17) is 4.42 Å². The van der Waals surface area contributed by atoms with Crippen LogP contribution < -0.4 is 5.32 Å². The molecule has 0 aromatic carbocycles. The molecule has 3 heterocycles. The van der Waals surface area contributed by atoms with E-state index in [0.29, 0.717) is 23.2 Å². The maximum Gasteiger partial charge on any atom is 0.289 e. The lowest BCUT2D eigenvalue weighted by molar-refractivity contribution is 0.0574. The summed E-state index contributed by atoms with van der Waals surface area (Å²) in [4.78, 5) is 26.9. The minimum absolute atomic E-state index is 0. The number of furan rings is 1. The highest BCUT2D eigenvalue weighted by Gasteiger charge is 2.39. The molecule has 1 amide bonds. The largest absolute Gasteiger partial charge is 0.455 e. The molecule has 0 unspecified atom stereocenters. The third-order valence-electron chi connectivity index (χ3n) is 5.94. The van der Waals surface area contributed by atoms with Crippen molar-refractivity contribution < 1.29 is 14.0 Å². The van der Waals surface area contributed by atoms with Gasteiger partial charge in [0.05, 0.1) is 5.56 Å². The van der Waals surface area contributed by atoms with Crippen LogP contribution in [0.1, 0.15) is 64.3 Å². The number of fused-ring (bicyclic) bond motifs is 1. The van der Waals surface area contributed by atoms with Gasteiger partial charge in [0, 0.05) is 38.0 Å². The number of piperidine rings is 1. The second kappa shape index (κ2) is 6.52. The lowest BCUT2D eigenvalue weighted by Gasteiger charge is -2.38. The summed E-state index contributed by atoms with van der Waals surface area (Å²) < 4.78 is 5.81. The van der Waals surface area contributed by atoms with Crippen molar-refractivity contribution in [3.63, 3.8) is 0 Å². The number of aryl methyl sites for hydroxylation is 1. The van der Waals surface area contributed by atoms with Crippen molar-refractivity contribution in [1.29, 1.82) is 0 Å². The predicted molar refractivity (Wildman–Crippen MR) is 93.0 cm³/mol. The van der Waals surface area contributed by atoms with Gasteiger partial charge in [0.2, 0.25) is 0 Å². The lowest BCUT2D eigenvalue weighted by atomic mass is 9.78. The topological polar surface area (TPSA) is 62.6 Å². The van der Waals surface area contributed by atoms with E-state index < -0.39 is 0 Å². The van der Waals surface area contributed by atoms with Crippen LogP contribution in [0.15, 0.2) is 4.42 Å². The van der Waals surface area contributed by atoms with Crippen molar-refractivity contribution >= 4 is 24.1 Å². The monoisotopic (exact) mass is 352 g/mol. The summed E-state index contributed by atoms with van der Waals surface area (Å²) in [7, 11) is 0. The first-order chi connectivity index (χ1) is 11.1. The number of rotatable bonds is 1. The zero-order chi connectivity index (χ0) is 16.0. The van der Waals surface area contributed by atoms with Crippen LogP contribution in [-0.4, -0.2) is 42.8 Å². The molecule has 0 bridgehead atoms. The Kier molecular flexibility index (Phi) is 4.76. The summed E-state index contributed by atoms with van der Waals surface area (Å²) in [6.45, 7) is 5.61. The Morgan fingerprint density at radius 1 is 1.21 bits per heavy atom. The number of amides is 1. The molecule has 1 N–H and O–H groups in total. The van der Waals surface area contributed by atoms with Crippen LogP contribution in [0.3, 0.4) is 0 Å². The highest BCUT2D eigenvalue weighted by atomic mass is 35.5. The van der Waals surface area contributed by atoms with E-state index in [9.17, 15) is 9.59 Å². The SMILES string of the molecule is Cc1c(C(=O)N2CCC3(CCNC3)CC2)oc2c1C(=O)CCC2.Cl. The van der Waals surface area contributed by atoms with Crippen molar-refractivity contribution in [3.8, 4) is 0 Å². The fraction of sp³-hybridized carbons (Fsp3) is 0.667. The number of hydrogen-bond donors (Lipinski definition) is 1. The number of hydrogen-bond acceptors (Lipinski definition) is 4. The van der Waals surface area contributed by atoms with Gasteiger partial charge in [-0.15, -0.1) is 12.4 Å². The van der Waals surface area contributed by atoms with Gasteiger partial charge in [-0.2, -0.15) is 0 Å². The number of halogens is 1. The third kappa shape index (κ3) is 2.78. The molecule has 24 heavy (non-hydrogen) atoms. The summed E-state index contributed by atoms with van der Waals surface area (Å²) in [5.74, 6) is 1.20. The summed E-state index contributed by atoms with van der Waals surface area (Å²) in [6.07, 6.45) is 5.50. The second-order valence-electron chi connectivity index (χ2n) is 7.35. The molecule has 1 aromatic heterocycles. The maximum atomic E-state index is 12.9. The molecular weight excluding hydrogens is 328 g/mol. The molecule has 4 rings (SSSR count). The summed E-state index contributed by atoms with van der Waals surface area (Å²) in [5, 5.41) is 3.45. The van der Waals surface area contributed by atoms with Crippen LogP contribution >= 0.6 is 12.4 Å². The molecule has 1 spiro atoms. The number of ketones is 1. The number of nitrogens with one attached hydrogen (secondary N) is 1. The number of Topliss-reactive ketones (excluding diaryl/α,β-unsaturated/α-hetero) is 1. The van der Waals surface area contributed by atoms with E-state index in [0.717, 1.165) is 63.2 Å². The molecule has 132 valence electrons. The Hall–Kier alpha value is -1.33. The summed E-state index contributed by atoms with van der Waals surface area (Å²) >= 11 is 0. The number of likely N-dealkylation sites (tertiary alicyclic amines) is 1. The van der Waals surface area contributed by atoms with Crippen LogP contribution in [0.4, 0.5) is 0 Å². The first kappa shape index (κ1) is 17.5. The van der Waals surface area contributed by atoms with Crippen LogP contribution in [0.5, 0.6) is 0 Å². The fourth-order valence-corrected chi connectivity index (χ4v) is 4.40. The fourth-order valence-electron chi connectivity index (χ4n) is 4.40. The molecule has 1 aromatic rings. The van der Waals surface area contributed by atoms with Crippen molar-refractivity contribution in [2.45, 2.75) is 45.4 Å². The Bertz CT molecular complexity index is 651. The number of carbonyl (C=O) groups is 2. The van der Waals surface area contributed by atoms with Gasteiger partial charge < -0.3 is 14.6 Å². The van der Waals surface area contributed by atoms with Gasteiger partial charge >= 0.3 is 0 Å². The molecule has 0 radical (unpaired) electrons. The van der Waals surface area contributed by atoms with Crippen LogP contribution in [-0.2, 0) is 6.42 Å². The Balaban J connectivity index is 0.00000169. The zero-order valence-corrected chi connectivity index (χ0v) is 15.0. The normalized spacial score (nSPS) is 22.4. The molecule has 1 aliphatic carbocycles. The summed E-state index contributed by atoms with van der Waals surface area (Å²) in [5.41, 5.74) is 1.81. The predicted octanol–water partition coefficient (Wildman–Crippen LogP) is 2.74. The van der Waals surface area contributed by atoms with Crippen LogP contribution in [0.25, 0.3) is 0 Å². The minimum Gasteiger partial charge on any atom is -0.455 e. The quantitative estimate of drug-likeness (QED) is 0.844. The van der Waals surface area contributed by atoms with Crippen molar-refractivity contribution in [2.24, 2.45) is 5.41 Å². The smallest absolute Gasteiger partial charge is 0.289 e. The summed E-state index contributed by atoms with van der Waals surface area (Å²) in [6, 6.07) is 0. The molecule has 2 aliphatic heterocycles. The third-order valence-corrected chi connectivity index (χ3v) is 5.94. The number of carbonyl (C=O) groups excluding carboxylic acids is 2. The molecule has 0 atom stereocenters. The van der Waals surface area contributed by atoms with E-state index in [1.54, 1.807) is 0 Å². The van der Waals surface area contributed by atoms with E-state index in [1.807, 2.05) is 11.8 Å². The Morgan fingerprint density at radius 3 is 2.58 bits per heavy atom. The van der Waals surface area contributed by atoms with Gasteiger partial charge in [0.25, 0.3) is 5.91 Å². The standard InChI is InChI=1S/C18H24N2O3.ClH/c1-12-15-13(21)3-2-4-14(15)23-16(12)17(22)20-9-6-18(7-10-20)5-8-19-11-18;/h19H,2-11H2,1H3;1H. The van der Waals surface area contributed by atoms with Gasteiger partial charge in [-0.25, -0.2) is 0 Å². The average Bonchev–Trinajstić information content (AvgIpc) is 3.14. The van der Waals surface area contributed by atoms with Crippen LogP contribution in [0, 0.1) is 12.3 Å². The molecule has 2 saturated heterocycles. The van der Waals surface area contributed by atoms with Gasteiger partial charge in [-0.1, -0.05) is 0 Å². The van der Waals surface area contributed by atoms with Gasteiger partial charge in [-0.05, 0) is 44.6 Å². The van der Waals surface area contributed by atoms with E-state index >= 15 is 0 Å². The van der Waals surface area contributed by atoms with E-state index in [1.165, 1.54) is 6.42 Å². The highest BCUT2D eigenvalue weighted by molar-refractivity contribution is 6.03. The molecule has 2 fully saturated rings. The molecule has 0 saturated carbocycles. The molecular formula is C18H25ClN2O3. The van der Waals surface area contributed by atoms with E-state index in [2.05, 4.69) is 5.32 Å². The Labute approximate surface area is 148 Å². The Morgan fingerprint density at radius 2 is 1.96 bits per heavy atom. The highest BCUT2D eigenvalue weighted by Crippen LogP contribution is 2.38. The van der Waals surface area contributed by atoms with Gasteiger partial charge in [-0.3, -0.25) is 9.59 Å². The minimum atomic E-state index is -0.0366. The molecule has 3 aliphatic rings. The van der Waals surface area contributed by atoms with Crippen molar-refractivity contribution in [1.82, 2.24) is 10.2 Å². The first-order valence-electron chi connectivity index (χ1n) is 8.75. The first-order valence-corrected chi connectivity index (χ1v) is 8.75. The maximum absolute atomic E-state index is 12.9. The zero-order valence-electron chi connectivity index (χ0n) is 14.2. The van der Waals surface area contributed by atoms with Gasteiger partial charge in [0.1, 0.15) is 5.76 Å². The molecule has 5 nitrogen and oxygen atoms in total. The van der Waals surface area contributed by atoms with Crippen molar-refractivity contribution in [3.05, 3.63) is 22.6 Å². The molecule has 6 heteroatoms. The average molecular weight is 353 g/mol. The van der Waals surface area contributed by atoms with Gasteiger partial charge in [0.15, 0.2) is 11.5 Å².